The highest BCUT2D eigenvalue weighted by Gasteiger charge is 2.37. The zero-order valence-electron chi connectivity index (χ0n) is 14.1. The maximum atomic E-state index is 12.9. The van der Waals surface area contributed by atoms with E-state index in [1.54, 1.807) is 19.1 Å². The molecule has 11 heteroatoms. The minimum atomic E-state index is -4.98. The Balaban J connectivity index is 2.51. The summed E-state index contributed by atoms with van der Waals surface area (Å²) < 4.78 is 38.6. The molecule has 0 aliphatic heterocycles. The van der Waals surface area contributed by atoms with Gasteiger partial charge in [0.1, 0.15) is 0 Å². The maximum absolute atomic E-state index is 12.9. The summed E-state index contributed by atoms with van der Waals surface area (Å²) in [5.41, 5.74) is 0.0720. The molecule has 0 radical (unpaired) electrons. The van der Waals surface area contributed by atoms with Crippen LogP contribution in [0.3, 0.4) is 0 Å². The van der Waals surface area contributed by atoms with Crippen LogP contribution >= 0.6 is 0 Å². The van der Waals surface area contributed by atoms with Crippen molar-refractivity contribution in [2.75, 3.05) is 5.43 Å². The normalized spacial score (nSPS) is 11.6. The van der Waals surface area contributed by atoms with Crippen molar-refractivity contribution in [1.82, 2.24) is 0 Å². The number of hydrogen-bond acceptors (Lipinski definition) is 6. The standard InChI is InChI=1S/C16H13F3N4O4/c1-9-3-4-10(2)11(5-9)8-20-21-15-13(22(24)25)6-12(16(17,18)19)7-14(15)23(26)27/h3-8,21H,1-2H3/b20-8-. The Morgan fingerprint density at radius 1 is 1.04 bits per heavy atom. The average molecular weight is 382 g/mol. The molecule has 0 saturated heterocycles. The monoisotopic (exact) mass is 382 g/mol. The number of nitrogens with zero attached hydrogens (tertiary/aromatic N) is 3. The number of nitro groups is 2. The fraction of sp³-hybridized carbons (Fsp3) is 0.188. The van der Waals surface area contributed by atoms with Gasteiger partial charge in [-0.15, -0.1) is 0 Å². The maximum Gasteiger partial charge on any atom is 0.416 e. The first kappa shape index (κ1) is 19.8. The molecule has 0 spiro atoms. The van der Waals surface area contributed by atoms with E-state index in [4.69, 9.17) is 0 Å². The number of nitrogens with one attached hydrogen (secondary N) is 1. The second kappa shape index (κ2) is 7.40. The van der Waals surface area contributed by atoms with Crippen LogP contribution < -0.4 is 5.43 Å². The van der Waals surface area contributed by atoms with E-state index in [0.717, 1.165) is 11.1 Å². The number of aryl methyl sites for hydroxylation is 2. The molecule has 27 heavy (non-hydrogen) atoms. The van der Waals surface area contributed by atoms with Gasteiger partial charge in [-0.1, -0.05) is 23.8 Å². The summed E-state index contributed by atoms with van der Waals surface area (Å²) >= 11 is 0. The zero-order valence-corrected chi connectivity index (χ0v) is 14.1. The summed E-state index contributed by atoms with van der Waals surface area (Å²) in [7, 11) is 0. The van der Waals surface area contributed by atoms with Crippen molar-refractivity contribution < 1.29 is 23.0 Å². The molecule has 0 amide bonds. The van der Waals surface area contributed by atoms with Crippen molar-refractivity contribution >= 4 is 23.3 Å². The lowest BCUT2D eigenvalue weighted by molar-refractivity contribution is -0.392. The smallest absolute Gasteiger partial charge is 0.266 e. The summed E-state index contributed by atoms with van der Waals surface area (Å²) in [5, 5.41) is 26.0. The lowest BCUT2D eigenvalue weighted by atomic mass is 10.1. The van der Waals surface area contributed by atoms with E-state index in [2.05, 4.69) is 10.5 Å². The lowest BCUT2D eigenvalue weighted by Gasteiger charge is -2.09. The molecule has 2 aromatic carbocycles. The van der Waals surface area contributed by atoms with Crippen LogP contribution in [0.1, 0.15) is 22.3 Å². The third-order valence-electron chi connectivity index (χ3n) is 3.63. The Kier molecular flexibility index (Phi) is 5.43. The molecule has 0 saturated carbocycles. The van der Waals surface area contributed by atoms with E-state index < -0.39 is 38.6 Å². The van der Waals surface area contributed by atoms with E-state index in [1.165, 1.54) is 6.21 Å². The summed E-state index contributed by atoms with van der Waals surface area (Å²) in [6.07, 6.45) is -3.70. The van der Waals surface area contributed by atoms with Crippen LogP contribution in [0.2, 0.25) is 0 Å². The molecule has 0 heterocycles. The predicted octanol–water partition coefficient (Wildman–Crippen LogP) is 4.58. The van der Waals surface area contributed by atoms with Gasteiger partial charge in [-0.05, 0) is 25.0 Å². The molecule has 0 aliphatic carbocycles. The predicted molar refractivity (Wildman–Crippen MR) is 91.9 cm³/mol. The number of nitro benzene ring substituents is 2. The van der Waals surface area contributed by atoms with Gasteiger partial charge < -0.3 is 0 Å². The van der Waals surface area contributed by atoms with Crippen LogP contribution in [0.5, 0.6) is 0 Å². The Morgan fingerprint density at radius 2 is 1.59 bits per heavy atom. The fourth-order valence-electron chi connectivity index (χ4n) is 2.24. The Bertz CT molecular complexity index is 907. The molecule has 8 nitrogen and oxygen atoms in total. The van der Waals surface area contributed by atoms with Gasteiger partial charge >= 0.3 is 17.6 Å². The second-order valence-electron chi connectivity index (χ2n) is 5.63. The van der Waals surface area contributed by atoms with E-state index in [0.29, 0.717) is 5.56 Å². The van der Waals surface area contributed by atoms with Crippen LogP contribution in [-0.2, 0) is 6.18 Å². The number of hydrazone groups is 1. The number of halogens is 3. The molecular weight excluding hydrogens is 369 g/mol. The van der Waals surface area contributed by atoms with E-state index in [1.807, 2.05) is 13.0 Å². The van der Waals surface area contributed by atoms with E-state index in [9.17, 15) is 33.4 Å². The summed E-state index contributed by atoms with van der Waals surface area (Å²) in [5.74, 6) is 0. The highest BCUT2D eigenvalue weighted by molar-refractivity contribution is 5.83. The second-order valence-corrected chi connectivity index (χ2v) is 5.63. The highest BCUT2D eigenvalue weighted by atomic mass is 19.4. The largest absolute Gasteiger partial charge is 0.416 e. The zero-order chi connectivity index (χ0) is 20.4. The van der Waals surface area contributed by atoms with Gasteiger partial charge in [0.05, 0.1) is 21.6 Å². The molecule has 1 N–H and O–H groups in total. The van der Waals surface area contributed by atoms with E-state index in [-0.39, 0.29) is 12.1 Å². The summed E-state index contributed by atoms with van der Waals surface area (Å²) in [4.78, 5) is 20.0. The van der Waals surface area contributed by atoms with Gasteiger partial charge in [0.25, 0.3) is 0 Å². The molecule has 0 aromatic heterocycles. The summed E-state index contributed by atoms with van der Waals surface area (Å²) in [6, 6.07) is 5.87. The van der Waals surface area contributed by atoms with Crippen molar-refractivity contribution in [3.8, 4) is 0 Å². The van der Waals surface area contributed by atoms with Crippen molar-refractivity contribution in [2.24, 2.45) is 5.10 Å². The number of rotatable bonds is 5. The van der Waals surface area contributed by atoms with Crippen LogP contribution in [0.15, 0.2) is 35.4 Å². The van der Waals surface area contributed by atoms with Crippen molar-refractivity contribution in [3.05, 3.63) is 72.8 Å². The molecule has 0 fully saturated rings. The van der Waals surface area contributed by atoms with Crippen molar-refractivity contribution in [2.45, 2.75) is 20.0 Å². The van der Waals surface area contributed by atoms with Crippen LogP contribution in [0, 0.1) is 34.1 Å². The molecule has 142 valence electrons. The van der Waals surface area contributed by atoms with Crippen LogP contribution in [0.25, 0.3) is 0 Å². The quantitative estimate of drug-likeness (QED) is 0.462. The summed E-state index contributed by atoms with van der Waals surface area (Å²) in [6.45, 7) is 3.61. The lowest BCUT2D eigenvalue weighted by Crippen LogP contribution is -2.09. The van der Waals surface area contributed by atoms with Gasteiger partial charge in [-0.25, -0.2) is 0 Å². The molecular formula is C16H13F3N4O4. The topological polar surface area (TPSA) is 111 Å². The van der Waals surface area contributed by atoms with Gasteiger partial charge in [-0.2, -0.15) is 18.3 Å². The Hall–Kier alpha value is -3.50. The Morgan fingerprint density at radius 3 is 2.07 bits per heavy atom. The first-order chi connectivity index (χ1) is 12.5. The SMILES string of the molecule is Cc1ccc(C)c(/C=N\Nc2c([N+](=O)[O-])cc(C(F)(F)F)cc2[N+](=O)[O-])c1. The molecule has 0 bridgehead atoms. The fourth-order valence-corrected chi connectivity index (χ4v) is 2.24. The first-order valence-electron chi connectivity index (χ1n) is 7.41. The van der Waals surface area contributed by atoms with Crippen LogP contribution in [-0.4, -0.2) is 16.1 Å². The molecule has 0 aliphatic rings. The number of hydrogen-bond donors (Lipinski definition) is 1. The number of benzene rings is 2. The van der Waals surface area contributed by atoms with Gasteiger partial charge in [0, 0.05) is 12.1 Å². The number of anilines is 1. The van der Waals surface area contributed by atoms with Crippen molar-refractivity contribution in [3.63, 3.8) is 0 Å². The van der Waals surface area contributed by atoms with Gasteiger partial charge in [-0.3, -0.25) is 25.7 Å². The highest BCUT2D eigenvalue weighted by Crippen LogP contribution is 2.41. The van der Waals surface area contributed by atoms with Gasteiger partial charge in [0.2, 0.25) is 5.69 Å². The Labute approximate surface area is 150 Å². The third kappa shape index (κ3) is 4.57. The van der Waals surface area contributed by atoms with Gasteiger partial charge in [0.15, 0.2) is 0 Å². The minimum absolute atomic E-state index is 0.225. The minimum Gasteiger partial charge on any atom is -0.266 e. The first-order valence-corrected chi connectivity index (χ1v) is 7.41. The molecule has 0 unspecified atom stereocenters. The molecule has 2 aromatic rings. The van der Waals surface area contributed by atoms with Crippen molar-refractivity contribution in [1.29, 1.82) is 0 Å². The number of alkyl halides is 3. The molecule has 2 rings (SSSR count). The third-order valence-corrected chi connectivity index (χ3v) is 3.63. The van der Waals surface area contributed by atoms with E-state index >= 15 is 0 Å². The van der Waals surface area contributed by atoms with Crippen LogP contribution in [0.4, 0.5) is 30.2 Å². The molecule has 0 atom stereocenters. The average Bonchev–Trinajstić information content (AvgIpc) is 2.56.